The zero-order valence-electron chi connectivity index (χ0n) is 12.4. The molecular weight excluding hydrogens is 268 g/mol. The number of rotatable bonds is 7. The molecule has 21 heavy (non-hydrogen) atoms. The number of β-amino-alcohol motifs (C(OH)–C–C–N with tert-alkyl or cyclic N) is 1. The smallest absolute Gasteiger partial charge is 0.152 e. The molecular formula is C16H22N2O3. The van der Waals surface area contributed by atoms with Gasteiger partial charge in [0.25, 0.3) is 0 Å². The number of nitrogens with zero attached hydrogens (tertiary/aromatic N) is 1. The average Bonchev–Trinajstić information content (AvgIpc) is 2.84. The first-order valence-electron chi connectivity index (χ1n) is 7.04. The molecule has 0 radical (unpaired) electrons. The van der Waals surface area contributed by atoms with Crippen molar-refractivity contribution in [1.82, 2.24) is 9.88 Å². The number of carbonyl (C=O) groups excluding carboxylic acids is 1. The summed E-state index contributed by atoms with van der Waals surface area (Å²) in [5.74, 6) is 0. The zero-order valence-corrected chi connectivity index (χ0v) is 12.4. The van der Waals surface area contributed by atoms with Crippen molar-refractivity contribution in [3.63, 3.8) is 0 Å². The molecule has 5 heteroatoms. The summed E-state index contributed by atoms with van der Waals surface area (Å²) in [7, 11) is 0. The Hall–Kier alpha value is -1.69. The summed E-state index contributed by atoms with van der Waals surface area (Å²) in [6.45, 7) is 4.51. The van der Waals surface area contributed by atoms with Gasteiger partial charge in [-0.2, -0.15) is 0 Å². The van der Waals surface area contributed by atoms with E-state index in [9.17, 15) is 15.0 Å². The summed E-state index contributed by atoms with van der Waals surface area (Å²) in [5, 5.41) is 23.3. The van der Waals surface area contributed by atoms with Crippen molar-refractivity contribution in [3.05, 3.63) is 36.0 Å². The van der Waals surface area contributed by atoms with Crippen LogP contribution in [0.2, 0.25) is 0 Å². The lowest BCUT2D eigenvalue weighted by Gasteiger charge is -2.25. The second-order valence-corrected chi connectivity index (χ2v) is 5.95. The fourth-order valence-electron chi connectivity index (χ4n) is 2.26. The first-order valence-corrected chi connectivity index (χ1v) is 7.04. The van der Waals surface area contributed by atoms with Crippen LogP contribution < -0.4 is 5.32 Å². The Kier molecular flexibility index (Phi) is 4.77. The van der Waals surface area contributed by atoms with Crippen molar-refractivity contribution in [2.45, 2.75) is 32.0 Å². The van der Waals surface area contributed by atoms with Crippen molar-refractivity contribution in [2.24, 2.45) is 0 Å². The third-order valence-corrected chi connectivity index (χ3v) is 3.57. The number of aromatic nitrogens is 1. The van der Waals surface area contributed by atoms with Crippen molar-refractivity contribution in [3.8, 4) is 0 Å². The lowest BCUT2D eigenvalue weighted by atomic mass is 10.1. The Morgan fingerprint density at radius 3 is 2.76 bits per heavy atom. The van der Waals surface area contributed by atoms with E-state index in [2.05, 4.69) is 5.32 Å². The molecule has 0 amide bonds. The molecule has 3 N–H and O–H groups in total. The maximum atomic E-state index is 11.1. The van der Waals surface area contributed by atoms with Gasteiger partial charge in [-0.1, -0.05) is 18.2 Å². The number of hydrogen-bond acceptors (Lipinski definition) is 4. The Labute approximate surface area is 124 Å². The maximum absolute atomic E-state index is 11.1. The molecule has 0 aliphatic heterocycles. The van der Waals surface area contributed by atoms with Crippen molar-refractivity contribution >= 4 is 17.2 Å². The number of nitrogens with one attached hydrogen (secondary N) is 1. The summed E-state index contributed by atoms with van der Waals surface area (Å²) in [5.41, 5.74) is 1.13. The van der Waals surface area contributed by atoms with Crippen LogP contribution in [-0.2, 0) is 6.54 Å². The molecule has 0 saturated carbocycles. The van der Waals surface area contributed by atoms with Gasteiger partial charge in [0.1, 0.15) is 0 Å². The predicted molar refractivity (Wildman–Crippen MR) is 82.5 cm³/mol. The molecule has 1 aromatic carbocycles. The third-order valence-electron chi connectivity index (χ3n) is 3.57. The van der Waals surface area contributed by atoms with E-state index >= 15 is 0 Å². The van der Waals surface area contributed by atoms with Gasteiger partial charge in [-0.3, -0.25) is 4.79 Å². The van der Waals surface area contributed by atoms with Gasteiger partial charge in [-0.15, -0.1) is 0 Å². The fourth-order valence-corrected chi connectivity index (χ4v) is 2.26. The normalized spacial score (nSPS) is 13.5. The quantitative estimate of drug-likeness (QED) is 0.669. The van der Waals surface area contributed by atoms with Gasteiger partial charge in [0, 0.05) is 41.3 Å². The van der Waals surface area contributed by atoms with E-state index in [1.54, 1.807) is 6.20 Å². The minimum atomic E-state index is -0.605. The third kappa shape index (κ3) is 3.69. The molecule has 1 atom stereocenters. The second-order valence-electron chi connectivity index (χ2n) is 5.95. The van der Waals surface area contributed by atoms with Crippen LogP contribution in [0.5, 0.6) is 0 Å². The van der Waals surface area contributed by atoms with Crippen molar-refractivity contribution < 1.29 is 15.0 Å². The van der Waals surface area contributed by atoms with Crippen LogP contribution in [-0.4, -0.2) is 45.9 Å². The van der Waals surface area contributed by atoms with Crippen LogP contribution in [0.4, 0.5) is 0 Å². The number of benzene rings is 1. The van der Waals surface area contributed by atoms with Crippen LogP contribution in [0.15, 0.2) is 30.5 Å². The van der Waals surface area contributed by atoms with Gasteiger partial charge >= 0.3 is 0 Å². The summed E-state index contributed by atoms with van der Waals surface area (Å²) < 4.78 is 1.89. The maximum Gasteiger partial charge on any atom is 0.152 e. The molecule has 1 aromatic heterocycles. The average molecular weight is 290 g/mol. The van der Waals surface area contributed by atoms with Crippen LogP contribution in [0.25, 0.3) is 10.9 Å². The lowest BCUT2D eigenvalue weighted by molar-refractivity contribution is 0.112. The number of carbonyl (C=O) groups is 1. The molecule has 0 fully saturated rings. The van der Waals surface area contributed by atoms with E-state index in [1.807, 2.05) is 42.7 Å². The van der Waals surface area contributed by atoms with Gasteiger partial charge in [-0.05, 0) is 19.9 Å². The van der Waals surface area contributed by atoms with E-state index in [4.69, 9.17) is 0 Å². The summed E-state index contributed by atoms with van der Waals surface area (Å²) in [4.78, 5) is 11.1. The van der Waals surface area contributed by atoms with Gasteiger partial charge in [0.15, 0.2) is 6.29 Å². The van der Waals surface area contributed by atoms with Gasteiger partial charge in [-0.25, -0.2) is 0 Å². The summed E-state index contributed by atoms with van der Waals surface area (Å²) >= 11 is 0. The number of para-hydroxylation sites is 1. The first-order chi connectivity index (χ1) is 9.96. The van der Waals surface area contributed by atoms with Crippen molar-refractivity contribution in [1.29, 1.82) is 0 Å². The first kappa shape index (κ1) is 15.7. The SMILES string of the molecule is CC(C)(CO)NC[C@@H](O)Cn1cc(C=O)c2ccccc21. The largest absolute Gasteiger partial charge is 0.394 e. The molecule has 1 heterocycles. The van der Waals surface area contributed by atoms with E-state index in [0.29, 0.717) is 18.7 Å². The van der Waals surface area contributed by atoms with Gasteiger partial charge in [0.05, 0.1) is 12.7 Å². The number of aliphatic hydroxyl groups is 2. The highest BCUT2D eigenvalue weighted by Gasteiger charge is 2.18. The van der Waals surface area contributed by atoms with Crippen LogP contribution in [0.1, 0.15) is 24.2 Å². The molecule has 0 spiro atoms. The van der Waals surface area contributed by atoms with Gasteiger partial charge in [0.2, 0.25) is 0 Å². The fraction of sp³-hybridized carbons (Fsp3) is 0.438. The van der Waals surface area contributed by atoms with E-state index < -0.39 is 11.6 Å². The van der Waals surface area contributed by atoms with Crippen LogP contribution in [0, 0.1) is 0 Å². The van der Waals surface area contributed by atoms with Gasteiger partial charge < -0.3 is 20.1 Å². The number of fused-ring (bicyclic) bond motifs is 1. The molecule has 114 valence electrons. The molecule has 2 aromatic rings. The Morgan fingerprint density at radius 1 is 1.38 bits per heavy atom. The molecule has 0 unspecified atom stereocenters. The second kappa shape index (κ2) is 6.39. The Bertz CT molecular complexity index is 619. The number of aliphatic hydroxyl groups excluding tert-OH is 2. The Balaban J connectivity index is 2.11. The number of hydrogen-bond donors (Lipinski definition) is 3. The molecule has 0 saturated heterocycles. The number of aldehydes is 1. The monoisotopic (exact) mass is 290 g/mol. The standard InChI is InChI=1S/C16H22N2O3/c1-16(2,11-20)17-7-13(21)9-18-8-12(10-19)14-5-3-4-6-15(14)18/h3-6,8,10,13,17,20-21H,7,9,11H2,1-2H3/t13-/m1/s1. The van der Waals surface area contributed by atoms with E-state index in [-0.39, 0.29) is 6.61 Å². The lowest BCUT2D eigenvalue weighted by Crippen LogP contribution is -2.46. The zero-order chi connectivity index (χ0) is 15.5. The molecule has 2 rings (SSSR count). The van der Waals surface area contributed by atoms with Crippen molar-refractivity contribution in [2.75, 3.05) is 13.2 Å². The topological polar surface area (TPSA) is 74.5 Å². The highest BCUT2D eigenvalue weighted by atomic mass is 16.3. The summed E-state index contributed by atoms with van der Waals surface area (Å²) in [6, 6.07) is 7.63. The molecule has 5 nitrogen and oxygen atoms in total. The Morgan fingerprint density at radius 2 is 2.10 bits per heavy atom. The molecule has 0 aliphatic rings. The van der Waals surface area contributed by atoms with E-state index in [1.165, 1.54) is 0 Å². The highest BCUT2D eigenvalue weighted by Crippen LogP contribution is 2.20. The van der Waals surface area contributed by atoms with Crippen LogP contribution in [0.3, 0.4) is 0 Å². The summed E-state index contributed by atoms with van der Waals surface area (Å²) in [6.07, 6.45) is 1.99. The molecule has 0 aliphatic carbocycles. The van der Waals surface area contributed by atoms with Crippen LogP contribution >= 0.6 is 0 Å². The minimum absolute atomic E-state index is 0.00145. The highest BCUT2D eigenvalue weighted by molar-refractivity contribution is 5.97. The molecule has 0 bridgehead atoms. The predicted octanol–water partition coefficient (Wildman–Crippen LogP) is 1.18. The van der Waals surface area contributed by atoms with E-state index in [0.717, 1.165) is 17.2 Å². The minimum Gasteiger partial charge on any atom is -0.394 e.